The number of hydrogen-bond acceptors (Lipinski definition) is 6. The average Bonchev–Trinajstić information content (AvgIpc) is 2.78. The molecule has 0 radical (unpaired) electrons. The average molecular weight is 482 g/mol. The quantitative estimate of drug-likeness (QED) is 0.386. The number of hydrogen-bond donors (Lipinski definition) is 2. The number of nitrogens with two attached hydrogens (primary N) is 1. The van der Waals surface area contributed by atoms with Gasteiger partial charge in [0.05, 0.1) is 5.56 Å². The third kappa shape index (κ3) is 6.33. The second kappa shape index (κ2) is 9.94. The van der Waals surface area contributed by atoms with Crippen LogP contribution in [0.25, 0.3) is 11.4 Å². The summed E-state index contributed by atoms with van der Waals surface area (Å²) < 4.78 is 44.7. The van der Waals surface area contributed by atoms with Crippen LogP contribution >= 0.6 is 0 Å². The fourth-order valence-corrected chi connectivity index (χ4v) is 3.80. The van der Waals surface area contributed by atoms with Crippen LogP contribution in [0.1, 0.15) is 11.1 Å². The Bertz CT molecular complexity index is 1430. The molecule has 174 valence electrons. The van der Waals surface area contributed by atoms with Crippen molar-refractivity contribution in [3.63, 3.8) is 0 Å². The Hall–Kier alpha value is -3.89. The first kappa shape index (κ1) is 23.3. The van der Waals surface area contributed by atoms with Crippen molar-refractivity contribution in [3.05, 3.63) is 95.8 Å². The summed E-state index contributed by atoms with van der Waals surface area (Å²) in [5, 5.41) is 10.2. The van der Waals surface area contributed by atoms with Gasteiger partial charge in [0.1, 0.15) is 30.3 Å². The van der Waals surface area contributed by atoms with Gasteiger partial charge in [-0.05, 0) is 47.5 Å². The van der Waals surface area contributed by atoms with Gasteiger partial charge in [0, 0.05) is 33.1 Å². The first-order valence-corrected chi connectivity index (χ1v) is 12.2. The minimum atomic E-state index is -2.55. The summed E-state index contributed by atoms with van der Waals surface area (Å²) in [5.74, 6) is -0.0755. The minimum absolute atomic E-state index is 0.109. The lowest BCUT2D eigenvalue weighted by Crippen LogP contribution is -2.13. The first-order valence-electron chi connectivity index (χ1n) is 10.1. The summed E-state index contributed by atoms with van der Waals surface area (Å²) in [6, 6.07) is 17.0. The lowest BCUT2D eigenvalue weighted by molar-refractivity contribution is 0.305. The molecular weight excluding hydrogens is 460 g/mol. The zero-order valence-electron chi connectivity index (χ0n) is 18.1. The molecule has 7 nitrogen and oxygen atoms in total. The molecule has 3 aromatic carbocycles. The summed E-state index contributed by atoms with van der Waals surface area (Å²) in [7, 11) is -2.55. The van der Waals surface area contributed by atoms with Crippen molar-refractivity contribution in [1.82, 2.24) is 15.0 Å². The SMILES string of the molecule is CS(N)(=O)=Cc1cccc(Nc2ncnc(-c3ccc(F)cc3OCc3ccc(F)cc3)n2)c1. The predicted molar refractivity (Wildman–Crippen MR) is 129 cm³/mol. The van der Waals surface area contributed by atoms with Crippen molar-refractivity contribution in [2.24, 2.45) is 5.14 Å². The van der Waals surface area contributed by atoms with E-state index in [0.717, 1.165) is 5.56 Å². The topological polar surface area (TPSA) is 103 Å². The first-order chi connectivity index (χ1) is 16.2. The van der Waals surface area contributed by atoms with E-state index < -0.39 is 15.5 Å². The van der Waals surface area contributed by atoms with Gasteiger partial charge in [-0.3, -0.25) is 9.35 Å². The largest absolute Gasteiger partial charge is 0.488 e. The molecule has 34 heavy (non-hydrogen) atoms. The Balaban J connectivity index is 1.59. The number of ether oxygens (including phenoxy) is 1. The Labute approximate surface area is 195 Å². The van der Waals surface area contributed by atoms with Gasteiger partial charge in [-0.1, -0.05) is 24.3 Å². The van der Waals surface area contributed by atoms with E-state index in [-0.39, 0.29) is 29.9 Å². The number of rotatable bonds is 7. The summed E-state index contributed by atoms with van der Waals surface area (Å²) in [6.07, 6.45) is 2.77. The van der Waals surface area contributed by atoms with E-state index >= 15 is 0 Å². The van der Waals surface area contributed by atoms with E-state index in [1.165, 1.54) is 48.3 Å². The highest BCUT2D eigenvalue weighted by molar-refractivity contribution is 7.98. The molecule has 0 spiro atoms. The molecule has 1 aromatic heterocycles. The van der Waals surface area contributed by atoms with Gasteiger partial charge in [-0.25, -0.2) is 18.7 Å². The molecule has 0 amide bonds. The number of nitrogens with one attached hydrogen (secondary N) is 1. The van der Waals surface area contributed by atoms with Crippen molar-refractivity contribution in [3.8, 4) is 17.1 Å². The van der Waals surface area contributed by atoms with Gasteiger partial charge in [0.25, 0.3) is 0 Å². The number of benzene rings is 3. The highest BCUT2D eigenvalue weighted by Gasteiger charge is 2.13. The van der Waals surface area contributed by atoms with Crippen molar-refractivity contribution in [2.45, 2.75) is 6.61 Å². The summed E-state index contributed by atoms with van der Waals surface area (Å²) >= 11 is 0. The Morgan fingerprint density at radius 3 is 2.56 bits per heavy atom. The molecule has 10 heteroatoms. The number of anilines is 2. The fraction of sp³-hybridized carbons (Fsp3) is 0.0833. The Morgan fingerprint density at radius 2 is 1.79 bits per heavy atom. The van der Waals surface area contributed by atoms with Crippen LogP contribution in [-0.2, 0) is 16.3 Å². The molecule has 1 heterocycles. The maximum atomic E-state index is 13.9. The standard InChI is InChI=1S/C24H21F2N5O2S/c1-34(27,32)14-17-3-2-4-20(11-17)30-24-29-15-28-23(31-24)21-10-9-19(26)12-22(21)33-13-16-5-7-18(25)8-6-16/h2-12,14-15H,13H2,1H3,(H2,27,32)(H,28,29,30,31). The molecule has 0 fully saturated rings. The van der Waals surface area contributed by atoms with Gasteiger partial charge in [0.2, 0.25) is 5.95 Å². The van der Waals surface area contributed by atoms with Crippen LogP contribution in [0.3, 0.4) is 0 Å². The third-order valence-electron chi connectivity index (χ3n) is 4.58. The maximum Gasteiger partial charge on any atom is 0.230 e. The number of aromatic nitrogens is 3. The predicted octanol–water partition coefficient (Wildman–Crippen LogP) is 4.08. The van der Waals surface area contributed by atoms with Crippen molar-refractivity contribution >= 4 is 26.7 Å². The molecule has 0 aliphatic carbocycles. The molecule has 0 bridgehead atoms. The molecule has 4 rings (SSSR count). The van der Waals surface area contributed by atoms with Gasteiger partial charge in [-0.15, -0.1) is 0 Å². The van der Waals surface area contributed by atoms with Crippen molar-refractivity contribution < 1.29 is 17.7 Å². The molecule has 0 saturated heterocycles. The second-order valence-electron chi connectivity index (χ2n) is 7.52. The van der Waals surface area contributed by atoms with Crippen molar-refractivity contribution in [1.29, 1.82) is 0 Å². The summed E-state index contributed by atoms with van der Waals surface area (Å²) in [5.41, 5.74) is 2.52. The van der Waals surface area contributed by atoms with E-state index in [0.29, 0.717) is 16.8 Å². The molecule has 4 aromatic rings. The zero-order valence-corrected chi connectivity index (χ0v) is 18.9. The van der Waals surface area contributed by atoms with Crippen LogP contribution in [0.15, 0.2) is 73.1 Å². The number of nitrogens with zero attached hydrogens (tertiary/aromatic N) is 3. The van der Waals surface area contributed by atoms with E-state index in [1.54, 1.807) is 36.4 Å². The zero-order chi connectivity index (χ0) is 24.1. The van der Waals surface area contributed by atoms with Gasteiger partial charge < -0.3 is 10.1 Å². The molecular formula is C24H21F2N5O2S. The van der Waals surface area contributed by atoms with Gasteiger partial charge in [0.15, 0.2) is 5.82 Å². The van der Waals surface area contributed by atoms with E-state index in [2.05, 4.69) is 20.3 Å². The van der Waals surface area contributed by atoms with Gasteiger partial charge >= 0.3 is 0 Å². The lowest BCUT2D eigenvalue weighted by atomic mass is 10.1. The van der Waals surface area contributed by atoms with E-state index in [4.69, 9.17) is 9.88 Å². The van der Waals surface area contributed by atoms with Crippen LogP contribution in [0.4, 0.5) is 20.4 Å². The molecule has 0 aliphatic heterocycles. The van der Waals surface area contributed by atoms with Crippen LogP contribution in [0.2, 0.25) is 0 Å². The normalized spacial score (nSPS) is 12.6. The number of halogens is 2. The van der Waals surface area contributed by atoms with Crippen LogP contribution in [-0.4, -0.2) is 30.8 Å². The molecule has 0 saturated carbocycles. The van der Waals surface area contributed by atoms with E-state index in [1.807, 2.05) is 0 Å². The maximum absolute atomic E-state index is 13.9. The van der Waals surface area contributed by atoms with Gasteiger partial charge in [-0.2, -0.15) is 4.98 Å². The van der Waals surface area contributed by atoms with E-state index in [9.17, 15) is 13.0 Å². The molecule has 0 aliphatic rings. The van der Waals surface area contributed by atoms with Crippen molar-refractivity contribution in [2.75, 3.05) is 11.6 Å². The summed E-state index contributed by atoms with van der Waals surface area (Å²) in [6.45, 7) is 0.109. The van der Waals surface area contributed by atoms with Crippen LogP contribution < -0.4 is 15.2 Å². The minimum Gasteiger partial charge on any atom is -0.488 e. The smallest absolute Gasteiger partial charge is 0.230 e. The second-order valence-corrected chi connectivity index (χ2v) is 9.69. The van der Waals surface area contributed by atoms with Crippen LogP contribution in [0.5, 0.6) is 5.75 Å². The summed E-state index contributed by atoms with van der Waals surface area (Å²) in [4.78, 5) is 12.8. The monoisotopic (exact) mass is 481 g/mol. The van der Waals surface area contributed by atoms with Crippen LogP contribution in [0, 0.1) is 11.6 Å². The highest BCUT2D eigenvalue weighted by Crippen LogP contribution is 2.29. The lowest BCUT2D eigenvalue weighted by Gasteiger charge is -2.12. The fourth-order valence-electron chi connectivity index (χ4n) is 3.12. The Morgan fingerprint density at radius 1 is 1.03 bits per heavy atom. The third-order valence-corrected chi connectivity index (χ3v) is 5.32. The molecule has 1 unspecified atom stereocenters. The molecule has 3 N–H and O–H groups in total. The Kier molecular flexibility index (Phi) is 6.80. The highest BCUT2D eigenvalue weighted by atomic mass is 32.2. The molecule has 1 atom stereocenters.